The van der Waals surface area contributed by atoms with Gasteiger partial charge in [-0.15, -0.1) is 24.0 Å². The molecule has 1 aromatic carbocycles. The Morgan fingerprint density at radius 2 is 1.79 bits per heavy atom. The Balaban J connectivity index is 0.00000306. The molecule has 0 radical (unpaired) electrons. The second-order valence-electron chi connectivity index (χ2n) is 9.26. The molecule has 2 heterocycles. The summed E-state index contributed by atoms with van der Waals surface area (Å²) in [7, 11) is 1.79. The first kappa shape index (κ1) is 26.2. The maximum atomic E-state index is 12.7. The van der Waals surface area contributed by atoms with E-state index in [0.717, 1.165) is 64.4 Å². The number of ether oxygens (including phenoxy) is 2. The molecular formula is C25H39IN4O3. The first-order chi connectivity index (χ1) is 15.7. The SMILES string of the molecule is CN=C(NCc1ccc(COC2CCOCC2)cc1)NC1CCN(C(=O)C2CCCC2)C1.I. The summed E-state index contributed by atoms with van der Waals surface area (Å²) in [6, 6.07) is 8.81. The van der Waals surface area contributed by atoms with Crippen LogP contribution < -0.4 is 10.6 Å². The van der Waals surface area contributed by atoms with Crippen LogP contribution in [-0.4, -0.2) is 62.3 Å². The number of nitrogens with zero attached hydrogens (tertiary/aromatic N) is 2. The van der Waals surface area contributed by atoms with Gasteiger partial charge in [-0.1, -0.05) is 37.1 Å². The second kappa shape index (κ2) is 13.5. The van der Waals surface area contributed by atoms with Crippen molar-refractivity contribution in [2.75, 3.05) is 33.4 Å². The van der Waals surface area contributed by atoms with Crippen LogP contribution in [0.4, 0.5) is 0 Å². The van der Waals surface area contributed by atoms with Crippen LogP contribution in [-0.2, 0) is 27.4 Å². The van der Waals surface area contributed by atoms with Gasteiger partial charge in [-0.3, -0.25) is 9.79 Å². The molecule has 4 rings (SSSR count). The number of hydrogen-bond donors (Lipinski definition) is 2. The van der Waals surface area contributed by atoms with Crippen LogP contribution in [0.1, 0.15) is 56.1 Å². The van der Waals surface area contributed by atoms with Gasteiger partial charge in [0.15, 0.2) is 5.96 Å². The number of rotatable bonds is 7. The first-order valence-corrected chi connectivity index (χ1v) is 12.2. The summed E-state index contributed by atoms with van der Waals surface area (Å²) in [5.74, 6) is 1.41. The molecule has 1 aliphatic carbocycles. The van der Waals surface area contributed by atoms with E-state index in [0.29, 0.717) is 25.2 Å². The number of aliphatic imine (C=N–C) groups is 1. The fourth-order valence-electron chi connectivity index (χ4n) is 4.89. The van der Waals surface area contributed by atoms with E-state index in [1.165, 1.54) is 24.0 Å². The molecule has 2 N–H and O–H groups in total. The summed E-state index contributed by atoms with van der Waals surface area (Å²) < 4.78 is 11.4. The summed E-state index contributed by atoms with van der Waals surface area (Å²) in [5, 5.41) is 6.90. The van der Waals surface area contributed by atoms with Gasteiger partial charge in [-0.05, 0) is 43.2 Å². The van der Waals surface area contributed by atoms with Crippen LogP contribution >= 0.6 is 24.0 Å². The van der Waals surface area contributed by atoms with Gasteiger partial charge in [0, 0.05) is 51.9 Å². The molecule has 0 bridgehead atoms. The maximum absolute atomic E-state index is 12.7. The van der Waals surface area contributed by atoms with Crippen LogP contribution in [0.2, 0.25) is 0 Å². The van der Waals surface area contributed by atoms with Crippen LogP contribution in [0.5, 0.6) is 0 Å². The van der Waals surface area contributed by atoms with Crippen molar-refractivity contribution in [3.63, 3.8) is 0 Å². The largest absolute Gasteiger partial charge is 0.381 e. The molecular weight excluding hydrogens is 531 g/mol. The topological polar surface area (TPSA) is 75.2 Å². The van der Waals surface area contributed by atoms with Gasteiger partial charge in [-0.2, -0.15) is 0 Å². The van der Waals surface area contributed by atoms with Crippen molar-refractivity contribution in [1.29, 1.82) is 0 Å². The van der Waals surface area contributed by atoms with Crippen LogP contribution in [0.25, 0.3) is 0 Å². The molecule has 8 heteroatoms. The molecule has 3 aliphatic rings. The number of amides is 1. The fraction of sp³-hybridized carbons (Fsp3) is 0.680. The van der Waals surface area contributed by atoms with Crippen molar-refractivity contribution in [2.45, 2.75) is 70.2 Å². The molecule has 184 valence electrons. The normalized spacial score (nSPS) is 22.3. The van der Waals surface area contributed by atoms with Crippen LogP contribution in [0.3, 0.4) is 0 Å². The average Bonchev–Trinajstić information content (AvgIpc) is 3.54. The number of halogens is 1. The van der Waals surface area contributed by atoms with Gasteiger partial charge in [0.25, 0.3) is 0 Å². The maximum Gasteiger partial charge on any atom is 0.225 e. The number of carbonyl (C=O) groups excluding carboxylic acids is 1. The number of benzene rings is 1. The zero-order valence-electron chi connectivity index (χ0n) is 19.8. The Labute approximate surface area is 215 Å². The molecule has 2 aliphatic heterocycles. The quantitative estimate of drug-likeness (QED) is 0.299. The molecule has 1 aromatic rings. The third-order valence-electron chi connectivity index (χ3n) is 6.91. The lowest BCUT2D eigenvalue weighted by Crippen LogP contribution is -2.45. The number of hydrogen-bond acceptors (Lipinski definition) is 4. The van der Waals surface area contributed by atoms with E-state index in [2.05, 4.69) is 39.9 Å². The van der Waals surface area contributed by atoms with Crippen molar-refractivity contribution in [2.24, 2.45) is 10.9 Å². The van der Waals surface area contributed by atoms with E-state index in [-0.39, 0.29) is 35.9 Å². The van der Waals surface area contributed by atoms with E-state index in [1.807, 2.05) is 4.90 Å². The second-order valence-corrected chi connectivity index (χ2v) is 9.26. The molecule has 1 atom stereocenters. The van der Waals surface area contributed by atoms with E-state index >= 15 is 0 Å². The van der Waals surface area contributed by atoms with Gasteiger partial charge in [0.1, 0.15) is 0 Å². The highest BCUT2D eigenvalue weighted by Crippen LogP contribution is 2.27. The van der Waals surface area contributed by atoms with Crippen molar-refractivity contribution < 1.29 is 14.3 Å². The van der Waals surface area contributed by atoms with Crippen LogP contribution in [0.15, 0.2) is 29.3 Å². The lowest BCUT2D eigenvalue weighted by molar-refractivity contribution is -0.134. The van der Waals surface area contributed by atoms with Gasteiger partial charge in [0.2, 0.25) is 5.91 Å². The predicted octanol–water partition coefficient (Wildman–Crippen LogP) is 3.46. The summed E-state index contributed by atoms with van der Waals surface area (Å²) in [5.41, 5.74) is 2.40. The van der Waals surface area contributed by atoms with Crippen molar-refractivity contribution in [3.8, 4) is 0 Å². The van der Waals surface area contributed by atoms with Gasteiger partial charge >= 0.3 is 0 Å². The summed E-state index contributed by atoms with van der Waals surface area (Å²) in [6.45, 7) is 4.59. The highest BCUT2D eigenvalue weighted by molar-refractivity contribution is 14.0. The smallest absolute Gasteiger partial charge is 0.225 e. The summed E-state index contributed by atoms with van der Waals surface area (Å²) >= 11 is 0. The minimum absolute atomic E-state index is 0. The molecule has 2 saturated heterocycles. The van der Waals surface area contributed by atoms with Gasteiger partial charge in [-0.25, -0.2) is 0 Å². The van der Waals surface area contributed by atoms with E-state index < -0.39 is 0 Å². The molecule has 1 unspecified atom stereocenters. The number of nitrogens with one attached hydrogen (secondary N) is 2. The summed E-state index contributed by atoms with van der Waals surface area (Å²) in [6.07, 6.45) is 7.80. The molecule has 7 nitrogen and oxygen atoms in total. The minimum atomic E-state index is 0. The molecule has 1 saturated carbocycles. The van der Waals surface area contributed by atoms with Crippen LogP contribution in [0, 0.1) is 5.92 Å². The minimum Gasteiger partial charge on any atom is -0.381 e. The van der Waals surface area contributed by atoms with E-state index in [9.17, 15) is 4.79 Å². The van der Waals surface area contributed by atoms with Gasteiger partial charge in [0.05, 0.1) is 12.7 Å². The molecule has 3 fully saturated rings. The highest BCUT2D eigenvalue weighted by atomic mass is 127. The van der Waals surface area contributed by atoms with Crippen molar-refractivity contribution >= 4 is 35.8 Å². The van der Waals surface area contributed by atoms with E-state index in [4.69, 9.17) is 9.47 Å². The predicted molar refractivity (Wildman–Crippen MR) is 141 cm³/mol. The average molecular weight is 571 g/mol. The molecule has 1 amide bonds. The highest BCUT2D eigenvalue weighted by Gasteiger charge is 2.32. The number of likely N-dealkylation sites (tertiary alicyclic amines) is 1. The molecule has 0 spiro atoms. The third-order valence-corrected chi connectivity index (χ3v) is 6.91. The van der Waals surface area contributed by atoms with E-state index in [1.54, 1.807) is 7.05 Å². The Morgan fingerprint density at radius 3 is 2.48 bits per heavy atom. The first-order valence-electron chi connectivity index (χ1n) is 12.2. The molecule has 33 heavy (non-hydrogen) atoms. The van der Waals surface area contributed by atoms with Crippen molar-refractivity contribution in [1.82, 2.24) is 15.5 Å². The zero-order valence-corrected chi connectivity index (χ0v) is 22.1. The Kier molecular flexibility index (Phi) is 10.7. The standard InChI is InChI=1S/C25H38N4O3.HI/c1-26-25(28-22-10-13-29(17-22)24(30)21-4-2-3-5-21)27-16-19-6-8-20(9-7-19)18-32-23-11-14-31-15-12-23;/h6-9,21-23H,2-5,10-18H2,1H3,(H2,26,27,28);1H. The zero-order chi connectivity index (χ0) is 22.2. The summed E-state index contributed by atoms with van der Waals surface area (Å²) in [4.78, 5) is 19.1. The Bertz CT molecular complexity index is 761. The number of guanidine groups is 1. The Hall–Kier alpha value is -1.39. The lowest BCUT2D eigenvalue weighted by Gasteiger charge is -2.22. The third kappa shape index (κ3) is 7.82. The number of carbonyl (C=O) groups is 1. The monoisotopic (exact) mass is 570 g/mol. The fourth-order valence-corrected chi connectivity index (χ4v) is 4.89. The Morgan fingerprint density at radius 1 is 1.09 bits per heavy atom. The molecule has 0 aromatic heterocycles. The van der Waals surface area contributed by atoms with Crippen molar-refractivity contribution in [3.05, 3.63) is 35.4 Å². The van der Waals surface area contributed by atoms with Gasteiger partial charge < -0.3 is 25.0 Å². The lowest BCUT2D eigenvalue weighted by atomic mass is 10.1.